The Morgan fingerprint density at radius 2 is 1.84 bits per heavy atom. The average Bonchev–Trinajstić information content (AvgIpc) is 2.38. The quantitative estimate of drug-likeness (QED) is 0.612. The summed E-state index contributed by atoms with van der Waals surface area (Å²) in [5.74, 6) is -2.51. The molecule has 1 fully saturated rings. The highest BCUT2D eigenvalue weighted by molar-refractivity contribution is 7.90. The van der Waals surface area contributed by atoms with E-state index in [1.165, 1.54) is 0 Å². The second kappa shape index (κ2) is 6.01. The molecule has 0 aromatic heterocycles. The Morgan fingerprint density at radius 3 is 2.42 bits per heavy atom. The van der Waals surface area contributed by atoms with E-state index in [1.54, 1.807) is 18.3 Å². The van der Waals surface area contributed by atoms with E-state index >= 15 is 0 Å². The van der Waals surface area contributed by atoms with E-state index in [4.69, 9.17) is 0 Å². The molecule has 2 nitrogen and oxygen atoms in total. The minimum absolute atomic E-state index is 0.0222. The molecule has 1 aromatic carbocycles. The summed E-state index contributed by atoms with van der Waals surface area (Å²) in [6.07, 6.45) is 2.23. The minimum Gasteiger partial charge on any atom is -0.586 e. The summed E-state index contributed by atoms with van der Waals surface area (Å²) in [7, 11) is 0. The van der Waals surface area contributed by atoms with Gasteiger partial charge in [-0.05, 0) is 37.8 Å². The van der Waals surface area contributed by atoms with Crippen LogP contribution in [0.25, 0.3) is 0 Å². The molecule has 1 aliphatic carbocycles. The largest absolute Gasteiger partial charge is 0.586 e. The van der Waals surface area contributed by atoms with E-state index in [0.29, 0.717) is 17.7 Å². The van der Waals surface area contributed by atoms with Crippen molar-refractivity contribution < 1.29 is 13.3 Å². The van der Waals surface area contributed by atoms with Crippen LogP contribution in [0.15, 0.2) is 33.6 Å². The van der Waals surface area contributed by atoms with Gasteiger partial charge in [-0.15, -0.1) is 0 Å². The van der Waals surface area contributed by atoms with E-state index < -0.39 is 17.3 Å². The average molecular weight is 285 g/mol. The summed E-state index contributed by atoms with van der Waals surface area (Å²) in [5, 5.41) is 0. The van der Waals surface area contributed by atoms with Crippen LogP contribution in [0.3, 0.4) is 0 Å². The van der Waals surface area contributed by atoms with Gasteiger partial charge in [-0.25, -0.2) is 8.78 Å². The lowest BCUT2D eigenvalue weighted by molar-refractivity contribution is -0.0390. The Morgan fingerprint density at radius 1 is 1.26 bits per heavy atom. The lowest BCUT2D eigenvalue weighted by Gasteiger charge is -2.25. The highest BCUT2D eigenvalue weighted by atomic mass is 32.2. The standard InChI is InChI=1S/C14H17F2NOS/c1-11-2-4-13(5-3-11)19(18)17-10-12-6-8-14(15,16)9-7-12/h2-5,10,12H,6-9H2,1H3/b17-10+/t19-/m0/s1. The lowest BCUT2D eigenvalue weighted by Crippen LogP contribution is -2.25. The van der Waals surface area contributed by atoms with Crippen molar-refractivity contribution in [2.45, 2.75) is 43.4 Å². The van der Waals surface area contributed by atoms with Crippen LogP contribution in [0.5, 0.6) is 0 Å². The molecule has 1 aliphatic rings. The molecule has 5 heteroatoms. The molecule has 104 valence electrons. The molecule has 0 unspecified atom stereocenters. The van der Waals surface area contributed by atoms with Crippen molar-refractivity contribution >= 4 is 17.6 Å². The molecule has 2 rings (SSSR count). The smallest absolute Gasteiger partial charge is 0.248 e. The SMILES string of the molecule is Cc1ccc([S@+]([O-])/N=C/C2CCC(F)(F)CC2)cc1. The maximum Gasteiger partial charge on any atom is 0.248 e. The van der Waals surface area contributed by atoms with Crippen LogP contribution in [0, 0.1) is 12.8 Å². The molecule has 0 radical (unpaired) electrons. The van der Waals surface area contributed by atoms with Crippen molar-refractivity contribution in [1.82, 2.24) is 0 Å². The first kappa shape index (κ1) is 14.5. The number of nitrogens with zero attached hydrogens (tertiary/aromatic N) is 1. The number of benzene rings is 1. The molecule has 1 aromatic rings. The Hall–Kier alpha value is -0.940. The van der Waals surface area contributed by atoms with Crippen molar-refractivity contribution in [2.75, 3.05) is 0 Å². The highest BCUT2D eigenvalue weighted by Gasteiger charge is 2.34. The van der Waals surface area contributed by atoms with E-state index in [0.717, 1.165) is 5.56 Å². The molecule has 1 atom stereocenters. The zero-order chi connectivity index (χ0) is 13.9. The first-order valence-electron chi connectivity index (χ1n) is 6.37. The monoisotopic (exact) mass is 285 g/mol. The van der Waals surface area contributed by atoms with E-state index in [2.05, 4.69) is 4.40 Å². The number of alkyl halides is 2. The Balaban J connectivity index is 1.90. The first-order chi connectivity index (χ1) is 8.96. The molecule has 0 spiro atoms. The zero-order valence-corrected chi connectivity index (χ0v) is 11.6. The van der Waals surface area contributed by atoms with Gasteiger partial charge in [0.15, 0.2) is 4.90 Å². The lowest BCUT2D eigenvalue weighted by atomic mass is 9.88. The molecule has 19 heavy (non-hydrogen) atoms. The van der Waals surface area contributed by atoms with Crippen LogP contribution in [0.1, 0.15) is 31.2 Å². The van der Waals surface area contributed by atoms with E-state index in [1.807, 2.05) is 19.1 Å². The van der Waals surface area contributed by atoms with Gasteiger partial charge in [0, 0.05) is 12.8 Å². The molecule has 0 N–H and O–H groups in total. The molecule has 0 bridgehead atoms. The van der Waals surface area contributed by atoms with Crippen molar-refractivity contribution in [3.8, 4) is 0 Å². The fraction of sp³-hybridized carbons (Fsp3) is 0.500. The number of halogens is 2. The fourth-order valence-electron chi connectivity index (χ4n) is 2.07. The van der Waals surface area contributed by atoms with Gasteiger partial charge < -0.3 is 4.55 Å². The summed E-state index contributed by atoms with van der Waals surface area (Å²) in [6.45, 7) is 1.96. The van der Waals surface area contributed by atoms with Crippen LogP contribution < -0.4 is 0 Å². The van der Waals surface area contributed by atoms with Gasteiger partial charge in [0.1, 0.15) is 11.4 Å². The summed E-state index contributed by atoms with van der Waals surface area (Å²) in [5.41, 5.74) is 1.10. The van der Waals surface area contributed by atoms with E-state index in [9.17, 15) is 13.3 Å². The van der Waals surface area contributed by atoms with Gasteiger partial charge in [-0.1, -0.05) is 22.1 Å². The number of hydrogen-bond donors (Lipinski definition) is 0. The zero-order valence-electron chi connectivity index (χ0n) is 10.8. The van der Waals surface area contributed by atoms with Crippen molar-refractivity contribution in [3.05, 3.63) is 29.8 Å². The third-order valence-corrected chi connectivity index (χ3v) is 4.34. The topological polar surface area (TPSA) is 35.4 Å². The molecule has 0 heterocycles. The van der Waals surface area contributed by atoms with Gasteiger partial charge >= 0.3 is 0 Å². The predicted octanol–water partition coefficient (Wildman–Crippen LogP) is 3.91. The molecular formula is C14H17F2NOS. The van der Waals surface area contributed by atoms with Crippen molar-refractivity contribution in [1.29, 1.82) is 0 Å². The van der Waals surface area contributed by atoms with Gasteiger partial charge in [-0.3, -0.25) is 0 Å². The maximum absolute atomic E-state index is 13.0. The highest BCUT2D eigenvalue weighted by Crippen LogP contribution is 2.35. The predicted molar refractivity (Wildman–Crippen MR) is 73.0 cm³/mol. The Labute approximate surface area is 115 Å². The van der Waals surface area contributed by atoms with Gasteiger partial charge in [0.25, 0.3) is 0 Å². The first-order valence-corrected chi connectivity index (χ1v) is 7.47. The van der Waals surface area contributed by atoms with Crippen LogP contribution in [0.2, 0.25) is 0 Å². The number of rotatable bonds is 3. The van der Waals surface area contributed by atoms with Crippen molar-refractivity contribution in [2.24, 2.45) is 10.3 Å². The summed E-state index contributed by atoms with van der Waals surface area (Å²) in [6, 6.07) is 7.31. The molecule has 0 amide bonds. The van der Waals surface area contributed by atoms with Gasteiger partial charge in [0.05, 0.1) is 6.21 Å². The Bertz CT molecular complexity index is 437. The normalized spacial score (nSPS) is 21.7. The summed E-state index contributed by atoms with van der Waals surface area (Å²) in [4.78, 5) is 0.642. The fourth-order valence-corrected chi connectivity index (χ4v) is 2.84. The second-order valence-electron chi connectivity index (χ2n) is 5.01. The van der Waals surface area contributed by atoms with Gasteiger partial charge in [-0.2, -0.15) is 0 Å². The summed E-state index contributed by atoms with van der Waals surface area (Å²) < 4.78 is 41.8. The van der Waals surface area contributed by atoms with E-state index in [-0.39, 0.29) is 18.8 Å². The molecule has 1 saturated carbocycles. The molecule has 0 saturated heterocycles. The van der Waals surface area contributed by atoms with Crippen LogP contribution in [-0.4, -0.2) is 16.7 Å². The summed E-state index contributed by atoms with van der Waals surface area (Å²) >= 11 is -1.43. The van der Waals surface area contributed by atoms with Gasteiger partial charge in [0.2, 0.25) is 5.92 Å². The maximum atomic E-state index is 13.0. The van der Waals surface area contributed by atoms with Crippen molar-refractivity contribution in [3.63, 3.8) is 0 Å². The second-order valence-corrected chi connectivity index (χ2v) is 6.19. The third kappa shape index (κ3) is 4.28. The number of hydrogen-bond acceptors (Lipinski definition) is 2. The number of aryl methyl sites for hydroxylation is 1. The molecular weight excluding hydrogens is 268 g/mol. The van der Waals surface area contributed by atoms with Crippen LogP contribution >= 0.6 is 0 Å². The van der Waals surface area contributed by atoms with Crippen LogP contribution in [0.4, 0.5) is 8.78 Å². The van der Waals surface area contributed by atoms with Crippen LogP contribution in [-0.2, 0) is 11.4 Å². The third-order valence-electron chi connectivity index (χ3n) is 3.35. The minimum atomic E-state index is -2.53. The Kier molecular flexibility index (Phi) is 4.58. The molecule has 0 aliphatic heterocycles.